The first-order valence-electron chi connectivity index (χ1n) is 12.5. The molecule has 182 valence electrons. The van der Waals surface area contributed by atoms with Crippen LogP contribution < -0.4 is 14.8 Å². The lowest BCUT2D eigenvalue weighted by Gasteiger charge is -2.43. The largest absolute Gasteiger partial charge is 0.493 e. The maximum absolute atomic E-state index is 14.1. The predicted molar refractivity (Wildman–Crippen MR) is 137 cm³/mol. The fourth-order valence-electron chi connectivity index (χ4n) is 5.87. The Labute approximate surface area is 204 Å². The fourth-order valence-corrected chi connectivity index (χ4v) is 5.87. The smallest absolute Gasteiger partial charge is 0.228 e. The van der Waals surface area contributed by atoms with Gasteiger partial charge in [-0.15, -0.1) is 6.58 Å². The molecule has 0 spiro atoms. The first-order chi connectivity index (χ1) is 16.5. The Hall–Kier alpha value is -2.79. The number of hydrogen-bond donors (Lipinski definition) is 1. The first-order valence-corrected chi connectivity index (χ1v) is 12.5. The average molecular weight is 463 g/mol. The Morgan fingerprint density at radius 2 is 2.03 bits per heavy atom. The molecule has 0 aliphatic carbocycles. The van der Waals surface area contributed by atoms with Gasteiger partial charge in [-0.2, -0.15) is 0 Å². The summed E-state index contributed by atoms with van der Waals surface area (Å²) in [5.74, 6) is 2.01. The lowest BCUT2D eigenvalue weighted by Crippen LogP contribution is -2.51. The predicted octanol–water partition coefficient (Wildman–Crippen LogP) is 4.92. The number of likely N-dealkylation sites (tertiary alicyclic amines) is 1. The van der Waals surface area contributed by atoms with Crippen molar-refractivity contribution < 1.29 is 14.3 Å². The van der Waals surface area contributed by atoms with Gasteiger partial charge in [0.25, 0.3) is 0 Å². The van der Waals surface area contributed by atoms with E-state index in [0.29, 0.717) is 24.8 Å². The lowest BCUT2D eigenvalue weighted by atomic mass is 9.72. The Bertz CT molecular complexity index is 992. The number of nitrogens with zero attached hydrogens (tertiary/aromatic N) is 1. The summed E-state index contributed by atoms with van der Waals surface area (Å²) in [5.41, 5.74) is 2.02. The van der Waals surface area contributed by atoms with E-state index in [-0.39, 0.29) is 23.3 Å². The number of hydrogen-bond acceptors (Lipinski definition) is 4. The molecule has 34 heavy (non-hydrogen) atoms. The standard InChI is InChI=1S/C29H38N2O3/c1-5-11-23-18-22(21-12-8-7-9-13-21)16-17-31(23)28(32)25-19-30-20-29(25,3)24-14-10-15-26(33-4)27(24)34-6-2/h5,7-10,12-15,22-23,25,30H,1,6,11,16-20H2,2-4H3. The summed E-state index contributed by atoms with van der Waals surface area (Å²) in [6, 6.07) is 16.9. The number of benzene rings is 2. The SMILES string of the molecule is C=CCC1CC(c2ccccc2)CCN1C(=O)C1CNCC1(C)c1cccc(OC)c1OCC. The minimum absolute atomic E-state index is 0.167. The van der Waals surface area contributed by atoms with Crippen LogP contribution in [-0.4, -0.2) is 50.2 Å². The second kappa shape index (κ2) is 10.6. The zero-order valence-electron chi connectivity index (χ0n) is 20.8. The highest BCUT2D eigenvalue weighted by Crippen LogP contribution is 2.45. The number of methoxy groups -OCH3 is 1. The Morgan fingerprint density at radius 3 is 2.74 bits per heavy atom. The van der Waals surface area contributed by atoms with Crippen LogP contribution in [0, 0.1) is 5.92 Å². The molecule has 2 aliphatic rings. The topological polar surface area (TPSA) is 50.8 Å². The molecule has 4 unspecified atom stereocenters. The summed E-state index contributed by atoms with van der Waals surface area (Å²) in [4.78, 5) is 16.3. The third kappa shape index (κ3) is 4.58. The Morgan fingerprint density at radius 1 is 1.24 bits per heavy atom. The molecule has 2 fully saturated rings. The highest BCUT2D eigenvalue weighted by molar-refractivity contribution is 5.82. The monoisotopic (exact) mass is 462 g/mol. The Balaban J connectivity index is 1.61. The maximum Gasteiger partial charge on any atom is 0.228 e. The molecule has 1 amide bonds. The number of carbonyl (C=O) groups excluding carboxylic acids is 1. The summed E-state index contributed by atoms with van der Waals surface area (Å²) in [5, 5.41) is 3.51. The van der Waals surface area contributed by atoms with Gasteiger partial charge in [0.05, 0.1) is 19.6 Å². The summed E-state index contributed by atoms with van der Waals surface area (Å²) < 4.78 is 11.6. The van der Waals surface area contributed by atoms with Crippen LogP contribution in [0.15, 0.2) is 61.2 Å². The first kappa shape index (κ1) is 24.3. The van der Waals surface area contributed by atoms with Crippen molar-refractivity contribution in [2.45, 2.75) is 50.5 Å². The number of ether oxygens (including phenoxy) is 2. The van der Waals surface area contributed by atoms with Crippen molar-refractivity contribution in [1.82, 2.24) is 10.2 Å². The van der Waals surface area contributed by atoms with Crippen LogP contribution >= 0.6 is 0 Å². The van der Waals surface area contributed by atoms with Gasteiger partial charge in [0.1, 0.15) is 0 Å². The van der Waals surface area contributed by atoms with Crippen molar-refractivity contribution in [3.8, 4) is 11.5 Å². The fraction of sp³-hybridized carbons (Fsp3) is 0.483. The molecular formula is C29H38N2O3. The van der Waals surface area contributed by atoms with Crippen LogP contribution in [0.25, 0.3) is 0 Å². The molecule has 0 aromatic heterocycles. The van der Waals surface area contributed by atoms with Gasteiger partial charge in [-0.25, -0.2) is 0 Å². The number of para-hydroxylation sites is 1. The van der Waals surface area contributed by atoms with Gasteiger partial charge in [-0.3, -0.25) is 4.79 Å². The summed E-state index contributed by atoms with van der Waals surface area (Å²) in [6.45, 7) is 10.9. The van der Waals surface area contributed by atoms with E-state index in [9.17, 15) is 4.79 Å². The zero-order valence-corrected chi connectivity index (χ0v) is 20.8. The van der Waals surface area contributed by atoms with Gasteiger partial charge in [0, 0.05) is 36.7 Å². The molecule has 5 nitrogen and oxygen atoms in total. The van der Waals surface area contributed by atoms with Crippen LogP contribution in [-0.2, 0) is 10.2 Å². The van der Waals surface area contributed by atoms with Crippen molar-refractivity contribution in [3.63, 3.8) is 0 Å². The third-order valence-electron chi connectivity index (χ3n) is 7.72. The molecule has 0 saturated carbocycles. The molecule has 5 heteroatoms. The molecule has 2 aliphatic heterocycles. The van der Waals surface area contributed by atoms with E-state index in [1.54, 1.807) is 7.11 Å². The molecule has 0 radical (unpaired) electrons. The maximum atomic E-state index is 14.1. The van der Waals surface area contributed by atoms with E-state index in [4.69, 9.17) is 9.47 Å². The van der Waals surface area contributed by atoms with Crippen LogP contribution in [0.4, 0.5) is 0 Å². The van der Waals surface area contributed by atoms with E-state index in [2.05, 4.69) is 60.1 Å². The second-order valence-electron chi connectivity index (χ2n) is 9.71. The summed E-state index contributed by atoms with van der Waals surface area (Å²) in [6.07, 6.45) is 4.74. The van der Waals surface area contributed by atoms with Gasteiger partial charge in [0.15, 0.2) is 11.5 Å². The lowest BCUT2D eigenvalue weighted by molar-refractivity contribution is -0.140. The van der Waals surface area contributed by atoms with Crippen molar-refractivity contribution in [1.29, 1.82) is 0 Å². The van der Waals surface area contributed by atoms with Gasteiger partial charge in [0.2, 0.25) is 5.91 Å². The normalized spacial score (nSPS) is 26.8. The van der Waals surface area contributed by atoms with Crippen LogP contribution in [0.2, 0.25) is 0 Å². The number of carbonyl (C=O) groups is 1. The molecule has 2 saturated heterocycles. The van der Waals surface area contributed by atoms with Crippen molar-refractivity contribution in [2.75, 3.05) is 33.4 Å². The molecule has 2 heterocycles. The second-order valence-corrected chi connectivity index (χ2v) is 9.71. The van der Waals surface area contributed by atoms with E-state index < -0.39 is 0 Å². The summed E-state index contributed by atoms with van der Waals surface area (Å²) in [7, 11) is 1.66. The summed E-state index contributed by atoms with van der Waals surface area (Å²) >= 11 is 0. The van der Waals surface area contributed by atoms with Gasteiger partial charge in [-0.1, -0.05) is 55.5 Å². The molecule has 2 aromatic rings. The minimum Gasteiger partial charge on any atom is -0.493 e. The molecular weight excluding hydrogens is 424 g/mol. The number of rotatable bonds is 8. The van der Waals surface area contributed by atoms with Crippen LogP contribution in [0.5, 0.6) is 11.5 Å². The van der Waals surface area contributed by atoms with E-state index in [1.807, 2.05) is 25.1 Å². The average Bonchev–Trinajstić information content (AvgIpc) is 3.27. The van der Waals surface area contributed by atoms with Crippen molar-refractivity contribution in [3.05, 3.63) is 72.3 Å². The van der Waals surface area contributed by atoms with Crippen molar-refractivity contribution in [2.24, 2.45) is 5.92 Å². The van der Waals surface area contributed by atoms with E-state index in [0.717, 1.165) is 43.7 Å². The van der Waals surface area contributed by atoms with Gasteiger partial charge in [-0.05, 0) is 43.7 Å². The Kier molecular flexibility index (Phi) is 7.62. The van der Waals surface area contributed by atoms with Gasteiger partial charge >= 0.3 is 0 Å². The molecule has 4 rings (SSSR count). The molecule has 2 aromatic carbocycles. The molecule has 1 N–H and O–H groups in total. The minimum atomic E-state index is -0.384. The molecule has 0 bridgehead atoms. The number of amides is 1. The number of nitrogens with one attached hydrogen (secondary N) is 1. The highest BCUT2D eigenvalue weighted by Gasteiger charge is 2.49. The van der Waals surface area contributed by atoms with Gasteiger partial charge < -0.3 is 19.7 Å². The third-order valence-corrected chi connectivity index (χ3v) is 7.72. The molecule has 4 atom stereocenters. The zero-order chi connectivity index (χ0) is 24.1. The van der Waals surface area contributed by atoms with Crippen LogP contribution in [0.3, 0.4) is 0 Å². The quantitative estimate of drug-likeness (QED) is 0.566. The highest BCUT2D eigenvalue weighted by atomic mass is 16.5. The van der Waals surface area contributed by atoms with E-state index in [1.165, 1.54) is 5.56 Å². The van der Waals surface area contributed by atoms with Crippen molar-refractivity contribution >= 4 is 5.91 Å². The van der Waals surface area contributed by atoms with E-state index >= 15 is 0 Å². The van der Waals surface area contributed by atoms with Crippen LogP contribution in [0.1, 0.15) is 50.2 Å². The number of piperidine rings is 1.